The van der Waals surface area contributed by atoms with Crippen molar-refractivity contribution in [1.29, 1.82) is 0 Å². The minimum Gasteiger partial charge on any atom is -0.382 e. The van der Waals surface area contributed by atoms with Crippen molar-refractivity contribution in [3.63, 3.8) is 0 Å². The number of amides is 1. The number of H-pyrrole nitrogens is 1. The summed E-state index contributed by atoms with van der Waals surface area (Å²) in [4.78, 5) is 13.3. The highest BCUT2D eigenvalue weighted by atomic mass is 35.5. The number of aromatic amines is 1. The van der Waals surface area contributed by atoms with Crippen LogP contribution in [0.1, 0.15) is 64.1 Å². The van der Waals surface area contributed by atoms with E-state index < -0.39 is 0 Å². The summed E-state index contributed by atoms with van der Waals surface area (Å²) in [6, 6.07) is 17.6. The molecule has 0 aliphatic heterocycles. The number of hydrogen-bond acceptors (Lipinski definition) is 3. The van der Waals surface area contributed by atoms with E-state index in [1.807, 2.05) is 48.5 Å². The average molecular weight is 438 g/mol. The van der Waals surface area contributed by atoms with E-state index >= 15 is 0 Å². The predicted molar refractivity (Wildman–Crippen MR) is 123 cm³/mol. The summed E-state index contributed by atoms with van der Waals surface area (Å²) in [6.07, 6.45) is 5.01. The van der Waals surface area contributed by atoms with Gasteiger partial charge in [-0.3, -0.25) is 9.89 Å². The van der Waals surface area contributed by atoms with Crippen molar-refractivity contribution in [3.05, 3.63) is 87.7 Å². The van der Waals surface area contributed by atoms with Crippen LogP contribution >= 0.6 is 11.6 Å². The number of aryl methyl sites for hydroxylation is 1. The van der Waals surface area contributed by atoms with Gasteiger partial charge in [0.05, 0.1) is 12.6 Å². The van der Waals surface area contributed by atoms with E-state index in [0.29, 0.717) is 12.3 Å². The molecule has 1 aliphatic carbocycles. The van der Waals surface area contributed by atoms with Crippen LogP contribution in [-0.4, -0.2) is 29.8 Å². The second kappa shape index (κ2) is 10.1. The number of carbonyl (C=O) groups excluding carboxylic acids is 1. The number of halogens is 1. The number of benzene rings is 2. The average Bonchev–Trinajstić information content (AvgIpc) is 3.10. The number of ether oxygens (including phenoxy) is 1. The molecule has 5 nitrogen and oxygen atoms in total. The van der Waals surface area contributed by atoms with Gasteiger partial charge in [0.15, 0.2) is 5.69 Å². The first kappa shape index (κ1) is 21.6. The Bertz CT molecular complexity index is 1020. The van der Waals surface area contributed by atoms with Gasteiger partial charge in [-0.2, -0.15) is 5.10 Å². The maximum atomic E-state index is 13.3. The van der Waals surface area contributed by atoms with E-state index in [4.69, 9.17) is 16.3 Å². The zero-order valence-electron chi connectivity index (χ0n) is 17.7. The zero-order chi connectivity index (χ0) is 21.6. The highest BCUT2D eigenvalue weighted by Gasteiger charge is 2.29. The summed E-state index contributed by atoms with van der Waals surface area (Å²) in [7, 11) is 1.64. The first-order chi connectivity index (χ1) is 15.2. The van der Waals surface area contributed by atoms with Crippen LogP contribution in [0.5, 0.6) is 0 Å². The Hall–Kier alpha value is -2.63. The summed E-state index contributed by atoms with van der Waals surface area (Å²) in [5, 5.41) is 11.5. The summed E-state index contributed by atoms with van der Waals surface area (Å²) in [5.41, 5.74) is 4.83. The van der Waals surface area contributed by atoms with Gasteiger partial charge in [0.2, 0.25) is 0 Å². The van der Waals surface area contributed by atoms with Gasteiger partial charge in [-0.15, -0.1) is 0 Å². The van der Waals surface area contributed by atoms with Crippen molar-refractivity contribution >= 4 is 17.5 Å². The SMILES string of the molecule is COC[C@@H](NC(=O)c1n[nH]c2c1[C@H](Cc1cccc(Cl)c1)CCCC2)c1ccccc1. The van der Waals surface area contributed by atoms with E-state index in [1.165, 1.54) is 5.56 Å². The third-order valence-corrected chi connectivity index (χ3v) is 6.18. The molecular formula is C25H28ClN3O2. The standard InChI is InChI=1S/C25H28ClN3O2/c1-31-16-22(18-9-3-2-4-10-18)27-25(30)24-23-19(11-5-6-13-21(23)28-29-24)14-17-8-7-12-20(26)15-17/h2-4,7-10,12,15,19,22H,5-6,11,13-14,16H2,1H3,(H,27,30)(H,28,29)/t19-,22+/m0/s1. The van der Waals surface area contributed by atoms with Gasteiger partial charge in [-0.05, 0) is 54.9 Å². The summed E-state index contributed by atoms with van der Waals surface area (Å²) >= 11 is 6.21. The van der Waals surface area contributed by atoms with E-state index in [1.54, 1.807) is 7.11 Å². The van der Waals surface area contributed by atoms with Gasteiger partial charge in [0, 0.05) is 23.4 Å². The van der Waals surface area contributed by atoms with Gasteiger partial charge in [0.25, 0.3) is 5.91 Å². The Kier molecular flexibility index (Phi) is 7.05. The molecule has 2 N–H and O–H groups in total. The van der Waals surface area contributed by atoms with Crippen LogP contribution in [0.2, 0.25) is 5.02 Å². The number of fused-ring (bicyclic) bond motifs is 1. The molecule has 6 heteroatoms. The fraction of sp³-hybridized carbons (Fsp3) is 0.360. The Morgan fingerprint density at radius 1 is 1.23 bits per heavy atom. The Morgan fingerprint density at radius 3 is 2.84 bits per heavy atom. The van der Waals surface area contributed by atoms with Gasteiger partial charge in [-0.1, -0.05) is 60.5 Å². The van der Waals surface area contributed by atoms with Crippen molar-refractivity contribution in [2.75, 3.05) is 13.7 Å². The van der Waals surface area contributed by atoms with E-state index in [9.17, 15) is 4.79 Å². The van der Waals surface area contributed by atoms with Gasteiger partial charge in [0.1, 0.15) is 0 Å². The second-order valence-electron chi connectivity index (χ2n) is 8.13. The molecule has 0 bridgehead atoms. The molecule has 31 heavy (non-hydrogen) atoms. The molecule has 1 amide bonds. The molecule has 1 aromatic heterocycles. The number of nitrogens with one attached hydrogen (secondary N) is 2. The van der Waals surface area contributed by atoms with Crippen LogP contribution in [0.25, 0.3) is 0 Å². The number of hydrogen-bond donors (Lipinski definition) is 2. The topological polar surface area (TPSA) is 67.0 Å². The van der Waals surface area contributed by atoms with Crippen molar-refractivity contribution < 1.29 is 9.53 Å². The van der Waals surface area contributed by atoms with Crippen molar-refractivity contribution in [2.24, 2.45) is 0 Å². The molecule has 0 saturated carbocycles. The maximum absolute atomic E-state index is 13.3. The first-order valence-corrected chi connectivity index (χ1v) is 11.2. The molecular weight excluding hydrogens is 410 g/mol. The smallest absolute Gasteiger partial charge is 0.272 e. The number of aromatic nitrogens is 2. The van der Waals surface area contributed by atoms with E-state index in [-0.39, 0.29) is 17.9 Å². The number of carbonyl (C=O) groups is 1. The highest BCUT2D eigenvalue weighted by Crippen LogP contribution is 2.35. The van der Waals surface area contributed by atoms with Crippen molar-refractivity contribution in [1.82, 2.24) is 15.5 Å². The third kappa shape index (κ3) is 5.17. The Morgan fingerprint density at radius 2 is 2.06 bits per heavy atom. The largest absolute Gasteiger partial charge is 0.382 e. The monoisotopic (exact) mass is 437 g/mol. The lowest BCUT2D eigenvalue weighted by Crippen LogP contribution is -2.32. The second-order valence-corrected chi connectivity index (χ2v) is 8.57. The molecule has 4 rings (SSSR count). The van der Waals surface area contributed by atoms with E-state index in [0.717, 1.165) is 53.9 Å². The van der Waals surface area contributed by atoms with Crippen LogP contribution < -0.4 is 5.32 Å². The predicted octanol–water partition coefficient (Wildman–Crippen LogP) is 5.23. The Labute approximate surface area is 188 Å². The molecule has 0 unspecified atom stereocenters. The van der Waals surface area contributed by atoms with Crippen LogP contribution in [0, 0.1) is 0 Å². The minimum atomic E-state index is -0.233. The minimum absolute atomic E-state index is 0.165. The van der Waals surface area contributed by atoms with Crippen LogP contribution in [0.15, 0.2) is 54.6 Å². The van der Waals surface area contributed by atoms with Crippen molar-refractivity contribution in [2.45, 2.75) is 44.1 Å². The molecule has 2 aromatic carbocycles. The molecule has 1 aliphatic rings. The van der Waals surface area contributed by atoms with Gasteiger partial charge in [-0.25, -0.2) is 0 Å². The van der Waals surface area contributed by atoms with Crippen LogP contribution in [0.3, 0.4) is 0 Å². The molecule has 2 atom stereocenters. The molecule has 162 valence electrons. The lowest BCUT2D eigenvalue weighted by atomic mass is 9.88. The van der Waals surface area contributed by atoms with E-state index in [2.05, 4.69) is 21.6 Å². The fourth-order valence-electron chi connectivity index (χ4n) is 4.48. The number of methoxy groups -OCH3 is 1. The van der Waals surface area contributed by atoms with Crippen LogP contribution in [-0.2, 0) is 17.6 Å². The third-order valence-electron chi connectivity index (χ3n) is 5.95. The highest BCUT2D eigenvalue weighted by molar-refractivity contribution is 6.30. The molecule has 0 radical (unpaired) electrons. The molecule has 3 aromatic rings. The molecule has 0 saturated heterocycles. The fourth-order valence-corrected chi connectivity index (χ4v) is 4.69. The lowest BCUT2D eigenvalue weighted by molar-refractivity contribution is 0.0890. The van der Waals surface area contributed by atoms with Gasteiger partial charge >= 0.3 is 0 Å². The summed E-state index contributed by atoms with van der Waals surface area (Å²) in [6.45, 7) is 0.397. The lowest BCUT2D eigenvalue weighted by Gasteiger charge is -2.20. The summed E-state index contributed by atoms with van der Waals surface area (Å²) in [5.74, 6) is 0.0643. The quantitative estimate of drug-likeness (QED) is 0.497. The molecule has 1 heterocycles. The summed E-state index contributed by atoms with van der Waals surface area (Å²) < 4.78 is 5.37. The number of nitrogens with zero attached hydrogens (tertiary/aromatic N) is 1. The normalized spacial score (nSPS) is 16.9. The molecule has 0 fully saturated rings. The van der Waals surface area contributed by atoms with Gasteiger partial charge < -0.3 is 10.1 Å². The zero-order valence-corrected chi connectivity index (χ0v) is 18.5. The molecule has 0 spiro atoms. The Balaban J connectivity index is 1.60. The maximum Gasteiger partial charge on any atom is 0.272 e. The first-order valence-electron chi connectivity index (χ1n) is 10.8. The number of rotatable bonds is 7. The van der Waals surface area contributed by atoms with Crippen molar-refractivity contribution in [3.8, 4) is 0 Å². The van der Waals surface area contributed by atoms with Crippen LogP contribution in [0.4, 0.5) is 0 Å².